The Hall–Kier alpha value is -1.71. The summed E-state index contributed by atoms with van der Waals surface area (Å²) in [5.41, 5.74) is 2.74. The van der Waals surface area contributed by atoms with Crippen molar-refractivity contribution in [3.63, 3.8) is 0 Å². The number of nitrogens with zero attached hydrogens (tertiary/aromatic N) is 2. The van der Waals surface area contributed by atoms with Gasteiger partial charge in [-0.2, -0.15) is 0 Å². The highest BCUT2D eigenvalue weighted by Gasteiger charge is 2.35. The highest BCUT2D eigenvalue weighted by molar-refractivity contribution is 5.69. The van der Waals surface area contributed by atoms with Gasteiger partial charge in [0.05, 0.1) is 12.6 Å². The van der Waals surface area contributed by atoms with Crippen LogP contribution in [0.2, 0.25) is 0 Å². The number of benzene rings is 1. The summed E-state index contributed by atoms with van der Waals surface area (Å²) in [6, 6.07) is 8.94. The molecule has 2 aliphatic heterocycles. The first kappa shape index (κ1) is 11.4. The van der Waals surface area contributed by atoms with Crippen LogP contribution < -0.4 is 4.90 Å². The molecule has 0 N–H and O–H groups in total. The summed E-state index contributed by atoms with van der Waals surface area (Å²) >= 11 is 0. The maximum absolute atomic E-state index is 11.7. The van der Waals surface area contributed by atoms with E-state index >= 15 is 0 Å². The highest BCUT2D eigenvalue weighted by atomic mass is 16.6. The normalized spacial score (nSPS) is 21.5. The van der Waals surface area contributed by atoms with E-state index in [0.29, 0.717) is 12.6 Å². The van der Waals surface area contributed by atoms with Crippen LogP contribution in [0.1, 0.15) is 12.5 Å². The minimum atomic E-state index is -0.173. The summed E-state index contributed by atoms with van der Waals surface area (Å²) in [6.07, 6.45) is 0.861. The number of rotatable bonds is 1. The van der Waals surface area contributed by atoms with Crippen molar-refractivity contribution in [2.75, 3.05) is 31.1 Å². The lowest BCUT2D eigenvalue weighted by molar-refractivity contribution is 0.0999. The molecule has 3 rings (SSSR count). The third-order valence-electron chi connectivity index (χ3n) is 3.77. The Morgan fingerprint density at radius 1 is 1.39 bits per heavy atom. The fourth-order valence-electron chi connectivity index (χ4n) is 2.95. The third kappa shape index (κ3) is 1.82. The number of anilines is 1. The van der Waals surface area contributed by atoms with Gasteiger partial charge >= 0.3 is 6.09 Å². The second-order valence-corrected chi connectivity index (χ2v) is 4.82. The van der Waals surface area contributed by atoms with Crippen LogP contribution in [0, 0.1) is 0 Å². The van der Waals surface area contributed by atoms with E-state index in [4.69, 9.17) is 4.74 Å². The van der Waals surface area contributed by atoms with Crippen molar-refractivity contribution in [1.29, 1.82) is 0 Å². The van der Waals surface area contributed by atoms with Gasteiger partial charge in [-0.15, -0.1) is 0 Å². The monoisotopic (exact) mass is 246 g/mol. The molecule has 4 nitrogen and oxygen atoms in total. The van der Waals surface area contributed by atoms with Gasteiger partial charge in [-0.25, -0.2) is 4.79 Å². The van der Waals surface area contributed by atoms with Crippen molar-refractivity contribution in [2.24, 2.45) is 0 Å². The van der Waals surface area contributed by atoms with Crippen molar-refractivity contribution in [3.8, 4) is 0 Å². The van der Waals surface area contributed by atoms with Crippen LogP contribution in [-0.2, 0) is 11.2 Å². The van der Waals surface area contributed by atoms with Crippen molar-refractivity contribution >= 4 is 11.8 Å². The quantitative estimate of drug-likeness (QED) is 0.758. The molecule has 0 aromatic heterocycles. The van der Waals surface area contributed by atoms with Gasteiger partial charge in [0.1, 0.15) is 0 Å². The largest absolute Gasteiger partial charge is 0.450 e. The molecule has 18 heavy (non-hydrogen) atoms. The zero-order valence-electron chi connectivity index (χ0n) is 10.6. The Morgan fingerprint density at radius 3 is 3.06 bits per heavy atom. The number of para-hydroxylation sites is 1. The SMILES string of the molecule is CCOC(=O)N1CCN2c3ccccc3CC2C1. The average molecular weight is 246 g/mol. The first-order valence-electron chi connectivity index (χ1n) is 6.56. The summed E-state index contributed by atoms with van der Waals surface area (Å²) < 4.78 is 5.08. The van der Waals surface area contributed by atoms with Crippen LogP contribution in [0.5, 0.6) is 0 Å². The van der Waals surface area contributed by atoms with E-state index in [1.165, 1.54) is 11.3 Å². The second kappa shape index (κ2) is 4.52. The smallest absolute Gasteiger partial charge is 0.409 e. The number of hydrogen-bond donors (Lipinski definition) is 0. The van der Waals surface area contributed by atoms with E-state index in [9.17, 15) is 4.79 Å². The van der Waals surface area contributed by atoms with Crippen molar-refractivity contribution in [1.82, 2.24) is 4.90 Å². The molecule has 0 spiro atoms. The molecule has 0 saturated carbocycles. The minimum Gasteiger partial charge on any atom is -0.450 e. The van der Waals surface area contributed by atoms with Gasteiger partial charge in [0.25, 0.3) is 0 Å². The maximum atomic E-state index is 11.7. The van der Waals surface area contributed by atoms with Crippen LogP contribution in [0.15, 0.2) is 24.3 Å². The molecule has 4 heteroatoms. The highest BCUT2D eigenvalue weighted by Crippen LogP contribution is 2.33. The summed E-state index contributed by atoms with van der Waals surface area (Å²) in [7, 11) is 0. The zero-order valence-corrected chi connectivity index (χ0v) is 10.6. The fraction of sp³-hybridized carbons (Fsp3) is 0.500. The molecule has 96 valence electrons. The molecule has 1 fully saturated rings. The number of amides is 1. The molecule has 0 radical (unpaired) electrons. The first-order chi connectivity index (χ1) is 8.79. The van der Waals surface area contributed by atoms with E-state index < -0.39 is 0 Å². The summed E-state index contributed by atoms with van der Waals surface area (Å²) in [4.78, 5) is 16.0. The van der Waals surface area contributed by atoms with E-state index in [1.807, 2.05) is 11.8 Å². The van der Waals surface area contributed by atoms with Crippen molar-refractivity contribution < 1.29 is 9.53 Å². The van der Waals surface area contributed by atoms with Gasteiger partial charge in [-0.3, -0.25) is 0 Å². The minimum absolute atomic E-state index is 0.173. The first-order valence-corrected chi connectivity index (χ1v) is 6.56. The Labute approximate surface area is 107 Å². The Bertz CT molecular complexity index is 461. The van der Waals surface area contributed by atoms with Gasteiger partial charge in [0, 0.05) is 25.3 Å². The number of ether oxygens (including phenoxy) is 1. The molecule has 2 aliphatic rings. The molecular weight excluding hydrogens is 228 g/mol. The predicted molar refractivity (Wildman–Crippen MR) is 69.9 cm³/mol. The number of fused-ring (bicyclic) bond motifs is 3. The Balaban J connectivity index is 1.73. The molecule has 1 aromatic carbocycles. The molecule has 1 atom stereocenters. The van der Waals surface area contributed by atoms with Crippen LogP contribution in [0.25, 0.3) is 0 Å². The number of carbonyl (C=O) groups is 1. The van der Waals surface area contributed by atoms with Crippen LogP contribution in [0.4, 0.5) is 10.5 Å². The van der Waals surface area contributed by atoms with Gasteiger partial charge in [0.15, 0.2) is 0 Å². The van der Waals surface area contributed by atoms with Gasteiger partial charge in [0.2, 0.25) is 0 Å². The van der Waals surface area contributed by atoms with E-state index in [-0.39, 0.29) is 6.09 Å². The van der Waals surface area contributed by atoms with Crippen molar-refractivity contribution in [2.45, 2.75) is 19.4 Å². The van der Waals surface area contributed by atoms with Crippen LogP contribution in [-0.4, -0.2) is 43.3 Å². The zero-order chi connectivity index (χ0) is 12.5. The lowest BCUT2D eigenvalue weighted by Crippen LogP contribution is -2.53. The number of piperazine rings is 1. The number of carbonyl (C=O) groups excluding carboxylic acids is 1. The predicted octanol–water partition coefficient (Wildman–Crippen LogP) is 1.89. The Morgan fingerprint density at radius 2 is 2.22 bits per heavy atom. The molecule has 1 aromatic rings. The molecule has 2 heterocycles. The summed E-state index contributed by atoms with van der Waals surface area (Å²) in [6.45, 7) is 4.72. The molecule has 0 bridgehead atoms. The van der Waals surface area contributed by atoms with E-state index in [0.717, 1.165) is 26.1 Å². The van der Waals surface area contributed by atoms with Gasteiger partial charge in [-0.1, -0.05) is 18.2 Å². The Kier molecular flexibility index (Phi) is 2.86. The molecule has 1 amide bonds. The van der Waals surface area contributed by atoms with Gasteiger partial charge in [-0.05, 0) is 25.0 Å². The molecular formula is C14H18N2O2. The van der Waals surface area contributed by atoms with Crippen LogP contribution >= 0.6 is 0 Å². The van der Waals surface area contributed by atoms with Crippen LogP contribution in [0.3, 0.4) is 0 Å². The summed E-state index contributed by atoms with van der Waals surface area (Å²) in [5, 5.41) is 0. The third-order valence-corrected chi connectivity index (χ3v) is 3.77. The van der Waals surface area contributed by atoms with E-state index in [1.54, 1.807) is 0 Å². The standard InChI is InChI=1S/C14H18N2O2/c1-2-18-14(17)15-7-8-16-12(10-15)9-11-5-3-4-6-13(11)16/h3-6,12H,2,7-10H2,1H3. The van der Waals surface area contributed by atoms with Crippen molar-refractivity contribution in [3.05, 3.63) is 29.8 Å². The lowest BCUT2D eigenvalue weighted by atomic mass is 10.1. The summed E-state index contributed by atoms with van der Waals surface area (Å²) in [5.74, 6) is 0. The van der Waals surface area contributed by atoms with E-state index in [2.05, 4.69) is 29.2 Å². The molecule has 1 unspecified atom stereocenters. The molecule has 1 saturated heterocycles. The average Bonchev–Trinajstić information content (AvgIpc) is 2.76. The fourth-order valence-corrected chi connectivity index (χ4v) is 2.95. The second-order valence-electron chi connectivity index (χ2n) is 4.82. The topological polar surface area (TPSA) is 32.8 Å². The lowest BCUT2D eigenvalue weighted by Gasteiger charge is -2.38. The number of hydrogen-bond acceptors (Lipinski definition) is 3. The maximum Gasteiger partial charge on any atom is 0.409 e. The van der Waals surface area contributed by atoms with Gasteiger partial charge < -0.3 is 14.5 Å². The molecule has 0 aliphatic carbocycles.